The summed E-state index contributed by atoms with van der Waals surface area (Å²) in [5.41, 5.74) is 9.70. The standard InChI is InChI=1S/C22H22N4O3/c1-4-13(2)29-22(27)18-19-21(25-17-11-6-5-10-16(17)24-19)26(20(18)23)14-8-7-9-15(12-14)28-3/h5-13H,4,23H2,1-3H3/t13-/m0/s1. The van der Waals surface area contributed by atoms with Gasteiger partial charge in [-0.05, 0) is 37.6 Å². The number of nitrogen functional groups attached to an aromatic ring is 1. The number of fused-ring (bicyclic) bond motifs is 2. The summed E-state index contributed by atoms with van der Waals surface area (Å²) in [6.45, 7) is 3.80. The van der Waals surface area contributed by atoms with E-state index in [2.05, 4.69) is 4.98 Å². The van der Waals surface area contributed by atoms with Crippen molar-refractivity contribution in [3.63, 3.8) is 0 Å². The second-order valence-corrected chi connectivity index (χ2v) is 6.81. The number of aromatic nitrogens is 3. The fourth-order valence-electron chi connectivity index (χ4n) is 3.20. The molecule has 4 aromatic rings. The number of benzene rings is 2. The van der Waals surface area contributed by atoms with Gasteiger partial charge in [0.1, 0.15) is 22.6 Å². The predicted octanol–water partition coefficient (Wildman–Crippen LogP) is 4.12. The fourth-order valence-corrected chi connectivity index (χ4v) is 3.20. The molecule has 0 aliphatic heterocycles. The molecule has 4 rings (SSSR count). The highest BCUT2D eigenvalue weighted by molar-refractivity contribution is 6.09. The summed E-state index contributed by atoms with van der Waals surface area (Å²) in [5, 5.41) is 0. The molecule has 0 aliphatic carbocycles. The number of nitrogens with zero attached hydrogens (tertiary/aromatic N) is 3. The number of hydrogen-bond acceptors (Lipinski definition) is 6. The zero-order valence-electron chi connectivity index (χ0n) is 16.5. The van der Waals surface area contributed by atoms with Gasteiger partial charge in [-0.25, -0.2) is 14.8 Å². The highest BCUT2D eigenvalue weighted by atomic mass is 16.5. The van der Waals surface area contributed by atoms with Crippen LogP contribution in [-0.4, -0.2) is 33.7 Å². The first kappa shape index (κ1) is 18.7. The average molecular weight is 390 g/mol. The van der Waals surface area contributed by atoms with Gasteiger partial charge in [-0.15, -0.1) is 0 Å². The Kier molecular flexibility index (Phi) is 4.80. The molecule has 148 valence electrons. The molecule has 2 aromatic heterocycles. The van der Waals surface area contributed by atoms with Gasteiger partial charge < -0.3 is 15.2 Å². The first-order valence-electron chi connectivity index (χ1n) is 9.45. The van der Waals surface area contributed by atoms with Gasteiger partial charge in [0.2, 0.25) is 0 Å². The first-order chi connectivity index (χ1) is 14.0. The molecule has 7 nitrogen and oxygen atoms in total. The molecule has 0 saturated heterocycles. The number of methoxy groups -OCH3 is 1. The maximum atomic E-state index is 12.9. The molecule has 0 spiro atoms. The summed E-state index contributed by atoms with van der Waals surface area (Å²) in [6.07, 6.45) is 0.472. The number of anilines is 1. The molecule has 7 heteroatoms. The van der Waals surface area contributed by atoms with Crippen molar-refractivity contribution < 1.29 is 14.3 Å². The topological polar surface area (TPSA) is 92.3 Å². The van der Waals surface area contributed by atoms with E-state index in [0.717, 1.165) is 5.69 Å². The summed E-state index contributed by atoms with van der Waals surface area (Å²) in [4.78, 5) is 22.4. The molecule has 0 aliphatic rings. The van der Waals surface area contributed by atoms with Crippen LogP contribution in [0.4, 0.5) is 5.82 Å². The number of carbonyl (C=O) groups excluding carboxylic acids is 1. The van der Waals surface area contributed by atoms with E-state index in [0.29, 0.717) is 34.4 Å². The van der Waals surface area contributed by atoms with Crippen molar-refractivity contribution in [2.75, 3.05) is 12.8 Å². The Morgan fingerprint density at radius 3 is 2.55 bits per heavy atom. The monoisotopic (exact) mass is 390 g/mol. The lowest BCUT2D eigenvalue weighted by atomic mass is 10.2. The van der Waals surface area contributed by atoms with Crippen molar-refractivity contribution in [2.45, 2.75) is 26.4 Å². The highest BCUT2D eigenvalue weighted by Crippen LogP contribution is 2.32. The third kappa shape index (κ3) is 3.24. The zero-order chi connectivity index (χ0) is 20.5. The van der Waals surface area contributed by atoms with Crippen LogP contribution < -0.4 is 10.5 Å². The molecule has 2 N–H and O–H groups in total. The molecule has 0 saturated carbocycles. The van der Waals surface area contributed by atoms with Crippen LogP contribution in [0.5, 0.6) is 5.75 Å². The second-order valence-electron chi connectivity index (χ2n) is 6.81. The largest absolute Gasteiger partial charge is 0.497 e. The van der Waals surface area contributed by atoms with E-state index < -0.39 is 5.97 Å². The number of rotatable bonds is 5. The molecular weight excluding hydrogens is 368 g/mol. The smallest absolute Gasteiger partial charge is 0.344 e. The molecule has 1 atom stereocenters. The third-order valence-corrected chi connectivity index (χ3v) is 4.90. The quantitative estimate of drug-likeness (QED) is 0.515. The molecule has 2 aromatic carbocycles. The van der Waals surface area contributed by atoms with Gasteiger partial charge in [0.15, 0.2) is 5.65 Å². The van der Waals surface area contributed by atoms with Crippen LogP contribution in [-0.2, 0) is 4.74 Å². The van der Waals surface area contributed by atoms with E-state index in [1.807, 2.05) is 62.4 Å². The van der Waals surface area contributed by atoms with Crippen LogP contribution in [0.3, 0.4) is 0 Å². The normalized spacial score (nSPS) is 12.2. The number of nitrogens with two attached hydrogens (primary N) is 1. The van der Waals surface area contributed by atoms with Crippen LogP contribution >= 0.6 is 0 Å². The average Bonchev–Trinajstić information content (AvgIpc) is 3.02. The lowest BCUT2D eigenvalue weighted by Crippen LogP contribution is -2.15. The maximum Gasteiger partial charge on any atom is 0.344 e. The summed E-state index contributed by atoms with van der Waals surface area (Å²) in [6, 6.07) is 14.9. The van der Waals surface area contributed by atoms with Crippen molar-refractivity contribution in [1.82, 2.24) is 14.5 Å². The molecule has 29 heavy (non-hydrogen) atoms. The summed E-state index contributed by atoms with van der Waals surface area (Å²) in [7, 11) is 1.60. The van der Waals surface area contributed by atoms with Crippen molar-refractivity contribution in [3.8, 4) is 11.4 Å². The van der Waals surface area contributed by atoms with E-state index >= 15 is 0 Å². The Balaban J connectivity index is 2.02. The zero-order valence-corrected chi connectivity index (χ0v) is 16.5. The van der Waals surface area contributed by atoms with Crippen LogP contribution in [0.1, 0.15) is 30.6 Å². The molecule has 0 bridgehead atoms. The van der Waals surface area contributed by atoms with Crippen molar-refractivity contribution in [2.24, 2.45) is 0 Å². The number of para-hydroxylation sites is 2. The third-order valence-electron chi connectivity index (χ3n) is 4.90. The summed E-state index contributed by atoms with van der Waals surface area (Å²) in [5.74, 6) is 0.395. The molecular formula is C22H22N4O3. The Morgan fingerprint density at radius 1 is 1.14 bits per heavy atom. The van der Waals surface area contributed by atoms with Crippen LogP contribution in [0, 0.1) is 0 Å². The Bertz CT molecular complexity index is 1220. The Labute approximate surface area is 168 Å². The van der Waals surface area contributed by atoms with Gasteiger partial charge in [0.05, 0.1) is 29.9 Å². The lowest BCUT2D eigenvalue weighted by Gasteiger charge is -2.11. The van der Waals surface area contributed by atoms with Gasteiger partial charge in [-0.3, -0.25) is 4.57 Å². The molecule has 0 unspecified atom stereocenters. The number of ether oxygens (including phenoxy) is 2. The van der Waals surface area contributed by atoms with Crippen LogP contribution in [0.15, 0.2) is 48.5 Å². The minimum absolute atomic E-state index is 0.223. The molecule has 2 heterocycles. The van der Waals surface area contributed by atoms with E-state index in [1.165, 1.54) is 0 Å². The maximum absolute atomic E-state index is 12.9. The van der Waals surface area contributed by atoms with E-state index in [-0.39, 0.29) is 17.5 Å². The number of hydrogen-bond donors (Lipinski definition) is 1. The SMILES string of the molecule is CC[C@H](C)OC(=O)c1c(N)n(-c2cccc(OC)c2)c2nc3ccccc3nc12. The minimum Gasteiger partial charge on any atom is -0.497 e. The van der Waals surface area contributed by atoms with Crippen molar-refractivity contribution in [3.05, 3.63) is 54.1 Å². The van der Waals surface area contributed by atoms with Gasteiger partial charge in [0.25, 0.3) is 0 Å². The van der Waals surface area contributed by atoms with E-state index in [1.54, 1.807) is 11.7 Å². The summed E-state index contributed by atoms with van der Waals surface area (Å²) >= 11 is 0. The van der Waals surface area contributed by atoms with Crippen LogP contribution in [0.2, 0.25) is 0 Å². The second kappa shape index (κ2) is 7.43. The first-order valence-corrected chi connectivity index (χ1v) is 9.45. The fraction of sp³-hybridized carbons (Fsp3) is 0.227. The van der Waals surface area contributed by atoms with Gasteiger partial charge in [-0.2, -0.15) is 0 Å². The minimum atomic E-state index is -0.506. The molecule has 0 amide bonds. The Morgan fingerprint density at radius 2 is 1.86 bits per heavy atom. The Hall–Kier alpha value is -3.61. The number of esters is 1. The van der Waals surface area contributed by atoms with Gasteiger partial charge in [0, 0.05) is 6.07 Å². The van der Waals surface area contributed by atoms with Gasteiger partial charge >= 0.3 is 5.97 Å². The van der Waals surface area contributed by atoms with Crippen LogP contribution in [0.25, 0.3) is 27.9 Å². The molecule has 0 fully saturated rings. The number of carbonyl (C=O) groups is 1. The molecule has 0 radical (unpaired) electrons. The van der Waals surface area contributed by atoms with E-state index in [4.69, 9.17) is 20.2 Å². The lowest BCUT2D eigenvalue weighted by molar-refractivity contribution is 0.0338. The summed E-state index contributed by atoms with van der Waals surface area (Å²) < 4.78 is 12.6. The van der Waals surface area contributed by atoms with Gasteiger partial charge in [-0.1, -0.05) is 25.1 Å². The van der Waals surface area contributed by atoms with Crippen molar-refractivity contribution >= 4 is 34.0 Å². The van der Waals surface area contributed by atoms with E-state index in [9.17, 15) is 4.79 Å². The van der Waals surface area contributed by atoms with Crippen molar-refractivity contribution in [1.29, 1.82) is 0 Å². The predicted molar refractivity (Wildman–Crippen MR) is 113 cm³/mol. The highest BCUT2D eigenvalue weighted by Gasteiger charge is 2.26.